The highest BCUT2D eigenvalue weighted by atomic mass is 35.5. The largest absolute Gasteiger partial charge is 0.493 e. The Balaban J connectivity index is 1.47. The van der Waals surface area contributed by atoms with Crippen molar-refractivity contribution in [1.82, 2.24) is 9.99 Å². The van der Waals surface area contributed by atoms with E-state index in [0.29, 0.717) is 34.3 Å². The van der Waals surface area contributed by atoms with Gasteiger partial charge in [0.15, 0.2) is 11.5 Å². The van der Waals surface area contributed by atoms with Gasteiger partial charge in [0, 0.05) is 12.4 Å². The van der Waals surface area contributed by atoms with Crippen LogP contribution in [-0.4, -0.2) is 23.8 Å². The molecule has 7 heteroatoms. The highest BCUT2D eigenvalue weighted by Gasteiger charge is 2.13. The van der Waals surface area contributed by atoms with Crippen molar-refractivity contribution in [3.8, 4) is 17.2 Å². The molecule has 1 amide bonds. The van der Waals surface area contributed by atoms with Crippen LogP contribution < -0.4 is 14.9 Å². The fourth-order valence-corrected chi connectivity index (χ4v) is 3.76. The molecule has 0 bridgehead atoms. The van der Waals surface area contributed by atoms with E-state index >= 15 is 0 Å². The van der Waals surface area contributed by atoms with Crippen LogP contribution in [0.2, 0.25) is 5.02 Å². The molecule has 0 atom stereocenters. The molecular formula is C27H24ClN3O3. The minimum atomic E-state index is -0.322. The van der Waals surface area contributed by atoms with Crippen LogP contribution in [0, 0.1) is 6.92 Å². The van der Waals surface area contributed by atoms with Gasteiger partial charge in [-0.2, -0.15) is 5.10 Å². The Morgan fingerprint density at radius 2 is 1.79 bits per heavy atom. The van der Waals surface area contributed by atoms with Crippen molar-refractivity contribution in [2.24, 2.45) is 5.10 Å². The third-order valence-electron chi connectivity index (χ3n) is 5.30. The van der Waals surface area contributed by atoms with Gasteiger partial charge in [0.05, 0.1) is 29.6 Å². The van der Waals surface area contributed by atoms with Crippen molar-refractivity contribution in [3.05, 3.63) is 112 Å². The van der Waals surface area contributed by atoms with E-state index in [0.717, 1.165) is 16.8 Å². The fourth-order valence-electron chi connectivity index (χ4n) is 3.49. The molecule has 0 spiro atoms. The molecular weight excluding hydrogens is 450 g/mol. The molecule has 172 valence electrons. The molecule has 1 N–H and O–H groups in total. The van der Waals surface area contributed by atoms with Crippen LogP contribution in [-0.2, 0) is 6.61 Å². The van der Waals surface area contributed by atoms with Crippen LogP contribution in [0.5, 0.6) is 11.5 Å². The number of nitrogens with one attached hydrogen (secondary N) is 1. The SMILES string of the molecule is COc1cc(/C=N\NC(=O)c2ccccc2-n2cccc2)cc(Cl)c1OCc1ccccc1C. The van der Waals surface area contributed by atoms with Crippen LogP contribution in [0.25, 0.3) is 5.69 Å². The predicted octanol–water partition coefficient (Wildman–Crippen LogP) is 5.79. The second-order valence-corrected chi connectivity index (χ2v) is 7.96. The smallest absolute Gasteiger partial charge is 0.273 e. The molecule has 1 heterocycles. The zero-order valence-corrected chi connectivity index (χ0v) is 19.6. The number of hydrogen-bond acceptors (Lipinski definition) is 4. The van der Waals surface area contributed by atoms with Crippen molar-refractivity contribution < 1.29 is 14.3 Å². The topological polar surface area (TPSA) is 64.8 Å². The Hall–Kier alpha value is -4.03. The third-order valence-corrected chi connectivity index (χ3v) is 5.58. The molecule has 0 aliphatic rings. The molecule has 1 aromatic heterocycles. The molecule has 0 saturated heterocycles. The van der Waals surface area contributed by atoms with E-state index in [2.05, 4.69) is 10.5 Å². The monoisotopic (exact) mass is 473 g/mol. The Bertz CT molecular complexity index is 1320. The number of para-hydroxylation sites is 1. The molecule has 34 heavy (non-hydrogen) atoms. The van der Waals surface area contributed by atoms with Gasteiger partial charge in [-0.05, 0) is 60.0 Å². The molecule has 0 aliphatic carbocycles. The minimum absolute atomic E-state index is 0.322. The van der Waals surface area contributed by atoms with Gasteiger partial charge in [-0.25, -0.2) is 5.43 Å². The lowest BCUT2D eigenvalue weighted by Crippen LogP contribution is -2.19. The summed E-state index contributed by atoms with van der Waals surface area (Å²) in [6, 6.07) is 22.6. The van der Waals surface area contributed by atoms with Gasteiger partial charge in [0.2, 0.25) is 0 Å². The number of carbonyl (C=O) groups excluding carboxylic acids is 1. The maximum Gasteiger partial charge on any atom is 0.273 e. The number of halogens is 1. The molecule has 4 rings (SSSR count). The molecule has 0 radical (unpaired) electrons. The highest BCUT2D eigenvalue weighted by Crippen LogP contribution is 2.36. The summed E-state index contributed by atoms with van der Waals surface area (Å²) in [7, 11) is 1.55. The zero-order valence-electron chi connectivity index (χ0n) is 18.9. The molecule has 3 aromatic carbocycles. The zero-order chi connectivity index (χ0) is 23.9. The maximum absolute atomic E-state index is 12.7. The number of rotatable bonds is 8. The average molecular weight is 474 g/mol. The van der Waals surface area contributed by atoms with Gasteiger partial charge in [0.25, 0.3) is 5.91 Å². The van der Waals surface area contributed by atoms with Crippen molar-refractivity contribution in [2.75, 3.05) is 7.11 Å². The van der Waals surface area contributed by atoms with E-state index in [9.17, 15) is 4.79 Å². The third kappa shape index (κ3) is 5.30. The summed E-state index contributed by atoms with van der Waals surface area (Å²) in [6.07, 6.45) is 5.27. The molecule has 6 nitrogen and oxygen atoms in total. The number of aryl methyl sites for hydroxylation is 1. The Morgan fingerprint density at radius 1 is 1.06 bits per heavy atom. The number of methoxy groups -OCH3 is 1. The van der Waals surface area contributed by atoms with E-state index in [1.807, 2.05) is 78.5 Å². The second kappa shape index (κ2) is 10.7. The normalized spacial score (nSPS) is 10.9. The summed E-state index contributed by atoms with van der Waals surface area (Å²) in [5, 5.41) is 4.49. The van der Waals surface area contributed by atoms with Gasteiger partial charge in [-0.3, -0.25) is 4.79 Å². The predicted molar refractivity (Wildman–Crippen MR) is 134 cm³/mol. The number of ether oxygens (including phenoxy) is 2. The van der Waals surface area contributed by atoms with Crippen LogP contribution in [0.15, 0.2) is 90.3 Å². The lowest BCUT2D eigenvalue weighted by molar-refractivity contribution is 0.0955. The quantitative estimate of drug-likeness (QED) is 0.260. The highest BCUT2D eigenvalue weighted by molar-refractivity contribution is 6.32. The molecule has 0 unspecified atom stereocenters. The molecule has 0 saturated carbocycles. The van der Waals surface area contributed by atoms with Gasteiger partial charge in [-0.15, -0.1) is 0 Å². The molecule has 0 aliphatic heterocycles. The summed E-state index contributed by atoms with van der Waals surface area (Å²) < 4.78 is 13.3. The number of carbonyl (C=O) groups is 1. The maximum atomic E-state index is 12.7. The van der Waals surface area contributed by atoms with Crippen molar-refractivity contribution >= 4 is 23.7 Å². The summed E-state index contributed by atoms with van der Waals surface area (Å²) >= 11 is 6.48. The second-order valence-electron chi connectivity index (χ2n) is 7.56. The first-order valence-electron chi connectivity index (χ1n) is 10.7. The van der Waals surface area contributed by atoms with Gasteiger partial charge >= 0.3 is 0 Å². The van der Waals surface area contributed by atoms with Crippen LogP contribution in [0.3, 0.4) is 0 Å². The van der Waals surface area contributed by atoms with E-state index < -0.39 is 0 Å². The van der Waals surface area contributed by atoms with Crippen LogP contribution in [0.1, 0.15) is 27.0 Å². The number of hydrogen-bond donors (Lipinski definition) is 1. The summed E-state index contributed by atoms with van der Waals surface area (Å²) in [4.78, 5) is 12.7. The Kier molecular flexibility index (Phi) is 7.30. The summed E-state index contributed by atoms with van der Waals surface area (Å²) in [5.74, 6) is 0.609. The first-order chi connectivity index (χ1) is 16.6. The number of aromatic nitrogens is 1. The first kappa shape index (κ1) is 23.1. The minimum Gasteiger partial charge on any atom is -0.493 e. The van der Waals surface area contributed by atoms with Crippen LogP contribution in [0.4, 0.5) is 0 Å². The van der Waals surface area contributed by atoms with E-state index in [4.69, 9.17) is 21.1 Å². The lowest BCUT2D eigenvalue weighted by atomic mass is 10.1. The van der Waals surface area contributed by atoms with Crippen LogP contribution >= 0.6 is 11.6 Å². The fraction of sp³-hybridized carbons (Fsp3) is 0.111. The van der Waals surface area contributed by atoms with E-state index in [1.165, 1.54) is 6.21 Å². The summed E-state index contributed by atoms with van der Waals surface area (Å²) in [5.41, 5.74) is 6.70. The lowest BCUT2D eigenvalue weighted by Gasteiger charge is -2.14. The number of benzene rings is 3. The van der Waals surface area contributed by atoms with Crippen molar-refractivity contribution in [1.29, 1.82) is 0 Å². The Morgan fingerprint density at radius 3 is 2.56 bits per heavy atom. The molecule has 4 aromatic rings. The number of hydrazone groups is 1. The van der Waals surface area contributed by atoms with Gasteiger partial charge in [-0.1, -0.05) is 48.0 Å². The molecule has 0 fully saturated rings. The average Bonchev–Trinajstić information content (AvgIpc) is 3.39. The Labute approximate surface area is 203 Å². The number of nitrogens with zero attached hydrogens (tertiary/aromatic N) is 2. The van der Waals surface area contributed by atoms with Crippen molar-refractivity contribution in [2.45, 2.75) is 13.5 Å². The van der Waals surface area contributed by atoms with Gasteiger partial charge < -0.3 is 14.0 Å². The number of amides is 1. The van der Waals surface area contributed by atoms with E-state index in [-0.39, 0.29) is 5.91 Å². The van der Waals surface area contributed by atoms with Crippen molar-refractivity contribution in [3.63, 3.8) is 0 Å². The van der Waals surface area contributed by atoms with Gasteiger partial charge in [0.1, 0.15) is 6.61 Å². The first-order valence-corrected chi connectivity index (χ1v) is 11.0. The van der Waals surface area contributed by atoms with E-state index in [1.54, 1.807) is 25.3 Å². The standard InChI is InChI=1S/C27H24ClN3O3/c1-19-9-3-4-10-21(19)18-34-26-23(28)15-20(16-25(26)33-2)17-29-30-27(32)22-11-5-6-12-24(22)31-13-7-8-14-31/h3-17H,18H2,1-2H3,(H,30,32)/b29-17-. The summed E-state index contributed by atoms with van der Waals surface area (Å²) in [6.45, 7) is 2.40.